The molecule has 5 rings (SSSR count). The third-order valence-electron chi connectivity index (χ3n) is 6.67. The highest BCUT2D eigenvalue weighted by molar-refractivity contribution is 6.03. The maximum atomic E-state index is 16.5. The van der Waals surface area contributed by atoms with Gasteiger partial charge in [0.2, 0.25) is 0 Å². The summed E-state index contributed by atoms with van der Waals surface area (Å²) in [5.74, 6) is -2.05. The van der Waals surface area contributed by atoms with Crippen LogP contribution in [-0.2, 0) is 14.2 Å². The number of carbonyl (C=O) groups is 3. The Bertz CT molecular complexity index is 1630. The molecular weight excluding hydrogens is 545 g/mol. The molecule has 1 aromatic heterocycles. The number of alkyl halides is 1. The number of aromatic nitrogens is 2. The van der Waals surface area contributed by atoms with E-state index in [9.17, 15) is 19.2 Å². The average Bonchev–Trinajstić information content (AvgIpc) is 3.25. The van der Waals surface area contributed by atoms with Gasteiger partial charge in [-0.3, -0.25) is 9.36 Å². The van der Waals surface area contributed by atoms with E-state index < -0.39 is 54.2 Å². The molecule has 4 aromatic rings. The van der Waals surface area contributed by atoms with E-state index in [0.29, 0.717) is 5.56 Å². The first-order valence-corrected chi connectivity index (χ1v) is 13.0. The van der Waals surface area contributed by atoms with Gasteiger partial charge in [-0.1, -0.05) is 54.6 Å². The highest BCUT2D eigenvalue weighted by Gasteiger charge is 2.58. The standard InChI is InChI=1S/C31H26FN3O7/c1-31(32)25(42-28(38)22-15-9-4-10-16-22)23(19-40-27(37)21-13-7-3-8-14-21)41-29(31)35-18-17-24(34-30(35)39)33-26(36)20-11-5-2-6-12-20/h2-18,23,25,29H,19H2,1H3,(H,33,34,36,39)/t23-,25+,29-,31+/m1/s1. The summed E-state index contributed by atoms with van der Waals surface area (Å²) in [4.78, 5) is 54.8. The minimum absolute atomic E-state index is 0.0518. The highest BCUT2D eigenvalue weighted by Crippen LogP contribution is 2.43. The topological polar surface area (TPSA) is 126 Å². The molecule has 4 atom stereocenters. The predicted molar refractivity (Wildman–Crippen MR) is 149 cm³/mol. The summed E-state index contributed by atoms with van der Waals surface area (Å²) in [6, 6.07) is 25.8. The molecule has 3 aromatic carbocycles. The summed E-state index contributed by atoms with van der Waals surface area (Å²) >= 11 is 0. The lowest BCUT2D eigenvalue weighted by Gasteiger charge is -2.27. The molecule has 1 aliphatic heterocycles. The van der Waals surface area contributed by atoms with Crippen LogP contribution in [0.25, 0.3) is 0 Å². The Balaban J connectivity index is 1.39. The average molecular weight is 572 g/mol. The maximum absolute atomic E-state index is 16.5. The van der Waals surface area contributed by atoms with Gasteiger partial charge < -0.3 is 19.5 Å². The van der Waals surface area contributed by atoms with Gasteiger partial charge in [-0.25, -0.2) is 18.8 Å². The van der Waals surface area contributed by atoms with Gasteiger partial charge in [-0.05, 0) is 49.4 Å². The number of carbonyl (C=O) groups excluding carboxylic acids is 3. The van der Waals surface area contributed by atoms with Crippen LogP contribution < -0.4 is 11.0 Å². The normalized spacial score (nSPS) is 21.3. The largest absolute Gasteiger partial charge is 0.459 e. The molecule has 10 nitrogen and oxygen atoms in total. The zero-order valence-corrected chi connectivity index (χ0v) is 22.4. The van der Waals surface area contributed by atoms with Crippen LogP contribution in [0.3, 0.4) is 0 Å². The van der Waals surface area contributed by atoms with Crippen LogP contribution in [0.15, 0.2) is 108 Å². The van der Waals surface area contributed by atoms with Crippen molar-refractivity contribution in [1.82, 2.24) is 9.55 Å². The molecule has 0 saturated carbocycles. The van der Waals surface area contributed by atoms with E-state index in [0.717, 1.165) is 11.5 Å². The maximum Gasteiger partial charge on any atom is 0.351 e. The summed E-state index contributed by atoms with van der Waals surface area (Å²) in [5, 5.41) is 2.52. The number of ether oxygens (including phenoxy) is 3. The number of halogens is 1. The molecule has 0 aliphatic carbocycles. The second-order valence-corrected chi connectivity index (χ2v) is 9.66. The van der Waals surface area contributed by atoms with Gasteiger partial charge in [0.1, 0.15) is 18.5 Å². The molecule has 1 N–H and O–H groups in total. The second-order valence-electron chi connectivity index (χ2n) is 9.66. The van der Waals surface area contributed by atoms with Crippen LogP contribution in [0.1, 0.15) is 44.2 Å². The third kappa shape index (κ3) is 6.11. The van der Waals surface area contributed by atoms with Crippen LogP contribution in [-0.4, -0.2) is 51.9 Å². The van der Waals surface area contributed by atoms with Crippen LogP contribution >= 0.6 is 0 Å². The fraction of sp³-hybridized carbons (Fsp3) is 0.194. The van der Waals surface area contributed by atoms with E-state index in [2.05, 4.69) is 10.3 Å². The quantitative estimate of drug-likeness (QED) is 0.312. The molecule has 1 fully saturated rings. The molecule has 2 heterocycles. The van der Waals surface area contributed by atoms with Gasteiger partial charge in [-0.2, -0.15) is 4.98 Å². The summed E-state index contributed by atoms with van der Waals surface area (Å²) in [7, 11) is 0. The Morgan fingerprint density at radius 3 is 2.00 bits per heavy atom. The minimum atomic E-state index is -2.46. The Kier molecular flexibility index (Phi) is 8.21. The van der Waals surface area contributed by atoms with Crippen molar-refractivity contribution in [3.8, 4) is 0 Å². The molecule has 0 spiro atoms. The van der Waals surface area contributed by atoms with Crippen LogP contribution in [0.5, 0.6) is 0 Å². The van der Waals surface area contributed by atoms with Gasteiger partial charge in [-0.15, -0.1) is 0 Å². The number of rotatable bonds is 8. The van der Waals surface area contributed by atoms with Crippen molar-refractivity contribution < 1.29 is 33.0 Å². The molecule has 1 amide bonds. The van der Waals surface area contributed by atoms with E-state index >= 15 is 4.39 Å². The molecule has 0 unspecified atom stereocenters. The molecule has 1 saturated heterocycles. The van der Waals surface area contributed by atoms with Crippen molar-refractivity contribution in [1.29, 1.82) is 0 Å². The van der Waals surface area contributed by atoms with E-state index in [4.69, 9.17) is 14.2 Å². The summed E-state index contributed by atoms with van der Waals surface area (Å²) in [6.07, 6.45) is -3.23. The molecular formula is C31H26FN3O7. The lowest BCUT2D eigenvalue weighted by molar-refractivity contribution is -0.0648. The van der Waals surface area contributed by atoms with Crippen LogP contribution in [0.2, 0.25) is 0 Å². The molecule has 0 radical (unpaired) electrons. The molecule has 214 valence electrons. The van der Waals surface area contributed by atoms with Gasteiger partial charge in [0.05, 0.1) is 11.1 Å². The van der Waals surface area contributed by atoms with E-state index in [1.807, 2.05) is 0 Å². The zero-order valence-electron chi connectivity index (χ0n) is 22.4. The van der Waals surface area contributed by atoms with Gasteiger partial charge in [0.25, 0.3) is 5.91 Å². The smallest absolute Gasteiger partial charge is 0.351 e. The predicted octanol–water partition coefficient (Wildman–Crippen LogP) is 4.20. The molecule has 0 bridgehead atoms. The monoisotopic (exact) mass is 571 g/mol. The van der Waals surface area contributed by atoms with Crippen LogP contribution in [0.4, 0.5) is 10.2 Å². The molecule has 11 heteroatoms. The number of benzene rings is 3. The SMILES string of the molecule is C[C@]1(F)[C@@H](OC(=O)c2ccccc2)[C@@H](COC(=O)c2ccccc2)O[C@H]1n1ccc(NC(=O)c2ccccc2)nc1=O. The third-order valence-corrected chi connectivity index (χ3v) is 6.67. The zero-order chi connectivity index (χ0) is 29.7. The van der Waals surface area contributed by atoms with Crippen molar-refractivity contribution in [2.45, 2.75) is 31.0 Å². The fourth-order valence-corrected chi connectivity index (χ4v) is 4.54. The number of hydrogen-bond acceptors (Lipinski definition) is 8. The van der Waals surface area contributed by atoms with E-state index in [1.165, 1.54) is 24.4 Å². The van der Waals surface area contributed by atoms with E-state index in [-0.39, 0.29) is 16.9 Å². The van der Waals surface area contributed by atoms with Gasteiger partial charge >= 0.3 is 17.6 Å². The summed E-state index contributed by atoms with van der Waals surface area (Å²) < 4.78 is 34.2. The Labute approximate surface area is 239 Å². The lowest BCUT2D eigenvalue weighted by Crippen LogP contribution is -2.45. The Morgan fingerprint density at radius 2 is 1.43 bits per heavy atom. The number of nitrogens with one attached hydrogen (secondary N) is 1. The number of esters is 2. The first-order chi connectivity index (χ1) is 20.2. The first kappa shape index (κ1) is 28.4. The highest BCUT2D eigenvalue weighted by atomic mass is 19.1. The van der Waals surface area contributed by atoms with Crippen molar-refractivity contribution >= 4 is 23.7 Å². The summed E-state index contributed by atoms with van der Waals surface area (Å²) in [5.41, 5.74) is -2.59. The van der Waals surface area contributed by atoms with Crippen molar-refractivity contribution in [3.63, 3.8) is 0 Å². The van der Waals surface area contributed by atoms with Crippen LogP contribution in [0, 0.1) is 0 Å². The number of nitrogens with zero attached hydrogens (tertiary/aromatic N) is 2. The minimum Gasteiger partial charge on any atom is -0.459 e. The van der Waals surface area contributed by atoms with Gasteiger partial charge in [0.15, 0.2) is 18.0 Å². The molecule has 1 aliphatic rings. The first-order valence-electron chi connectivity index (χ1n) is 13.0. The van der Waals surface area contributed by atoms with Gasteiger partial charge in [0, 0.05) is 11.8 Å². The van der Waals surface area contributed by atoms with Crippen molar-refractivity contribution in [2.75, 3.05) is 11.9 Å². The number of anilines is 1. The lowest BCUT2D eigenvalue weighted by atomic mass is 9.98. The fourth-order valence-electron chi connectivity index (χ4n) is 4.54. The second kappa shape index (κ2) is 12.1. The summed E-state index contributed by atoms with van der Waals surface area (Å²) in [6.45, 7) is 0.654. The molecule has 42 heavy (non-hydrogen) atoms. The van der Waals surface area contributed by atoms with Crippen molar-refractivity contribution in [2.24, 2.45) is 0 Å². The van der Waals surface area contributed by atoms with Crippen molar-refractivity contribution in [3.05, 3.63) is 130 Å². The Morgan fingerprint density at radius 1 is 0.881 bits per heavy atom. The van der Waals surface area contributed by atoms with E-state index in [1.54, 1.807) is 78.9 Å². The number of hydrogen-bond donors (Lipinski definition) is 1. The number of amides is 1. The Hall–Kier alpha value is -5.16.